The summed E-state index contributed by atoms with van der Waals surface area (Å²) in [6.45, 7) is 1.81. The molecule has 2 heterocycles. The van der Waals surface area contributed by atoms with E-state index in [4.69, 9.17) is 5.73 Å². The summed E-state index contributed by atoms with van der Waals surface area (Å²) in [7, 11) is 1.71. The highest BCUT2D eigenvalue weighted by atomic mass is 19.4. The van der Waals surface area contributed by atoms with Crippen LogP contribution in [0.3, 0.4) is 0 Å². The highest BCUT2D eigenvalue weighted by Gasteiger charge is 2.33. The van der Waals surface area contributed by atoms with Crippen LogP contribution >= 0.6 is 0 Å². The van der Waals surface area contributed by atoms with Crippen LogP contribution in [-0.2, 0) is 13.2 Å². The van der Waals surface area contributed by atoms with Gasteiger partial charge >= 0.3 is 6.18 Å². The van der Waals surface area contributed by atoms with E-state index in [9.17, 15) is 13.2 Å². The van der Waals surface area contributed by atoms with Gasteiger partial charge < -0.3 is 11.1 Å². The number of hydrogen-bond acceptors (Lipinski definition) is 4. The molecule has 0 spiro atoms. The van der Waals surface area contributed by atoms with Gasteiger partial charge in [-0.2, -0.15) is 18.3 Å². The number of pyridine rings is 1. The Bertz CT molecular complexity index is 603. The van der Waals surface area contributed by atoms with Crippen LogP contribution in [0.2, 0.25) is 0 Å². The van der Waals surface area contributed by atoms with Crippen molar-refractivity contribution >= 4 is 17.3 Å². The zero-order valence-corrected chi connectivity index (χ0v) is 10.3. The summed E-state index contributed by atoms with van der Waals surface area (Å²) >= 11 is 0. The van der Waals surface area contributed by atoms with Crippen molar-refractivity contribution in [2.24, 2.45) is 7.05 Å². The molecule has 0 aromatic carbocycles. The first kappa shape index (κ1) is 13.2. The lowest BCUT2D eigenvalue weighted by atomic mass is 10.2. The first-order valence-corrected chi connectivity index (χ1v) is 5.38. The zero-order valence-electron chi connectivity index (χ0n) is 10.3. The average molecular weight is 271 g/mol. The molecule has 0 unspecified atom stereocenters. The van der Waals surface area contributed by atoms with Gasteiger partial charge in [-0.25, -0.2) is 4.98 Å². The molecule has 19 heavy (non-hydrogen) atoms. The van der Waals surface area contributed by atoms with Crippen LogP contribution in [0.1, 0.15) is 11.3 Å². The second-order valence-corrected chi connectivity index (χ2v) is 4.07. The molecule has 0 atom stereocenters. The van der Waals surface area contributed by atoms with E-state index in [1.165, 1.54) is 0 Å². The number of rotatable bonds is 2. The van der Waals surface area contributed by atoms with Gasteiger partial charge in [0.05, 0.1) is 11.3 Å². The number of halogens is 3. The fraction of sp³-hybridized carbons (Fsp3) is 0.273. The van der Waals surface area contributed by atoms with E-state index in [0.29, 0.717) is 12.0 Å². The van der Waals surface area contributed by atoms with Crippen LogP contribution in [0.5, 0.6) is 0 Å². The smallest absolute Gasteiger partial charge is 0.398 e. The third-order valence-corrected chi connectivity index (χ3v) is 2.50. The Morgan fingerprint density at radius 3 is 2.47 bits per heavy atom. The number of anilines is 3. The second kappa shape index (κ2) is 4.45. The van der Waals surface area contributed by atoms with Gasteiger partial charge in [0.1, 0.15) is 11.6 Å². The molecular weight excluding hydrogens is 259 g/mol. The van der Waals surface area contributed by atoms with Crippen molar-refractivity contribution in [1.82, 2.24) is 14.8 Å². The van der Waals surface area contributed by atoms with Crippen molar-refractivity contribution in [2.45, 2.75) is 13.1 Å². The van der Waals surface area contributed by atoms with E-state index < -0.39 is 11.7 Å². The zero-order chi connectivity index (χ0) is 14.2. The van der Waals surface area contributed by atoms with Crippen molar-refractivity contribution in [1.29, 1.82) is 0 Å². The lowest BCUT2D eigenvalue weighted by molar-refractivity contribution is -0.137. The fourth-order valence-electron chi connectivity index (χ4n) is 1.63. The van der Waals surface area contributed by atoms with E-state index in [1.807, 2.05) is 0 Å². The predicted octanol–water partition coefficient (Wildman–Crippen LogP) is 2.47. The van der Waals surface area contributed by atoms with E-state index in [1.54, 1.807) is 24.7 Å². The number of nitrogens with one attached hydrogen (secondary N) is 1. The van der Waals surface area contributed by atoms with Crippen LogP contribution in [0, 0.1) is 6.92 Å². The van der Waals surface area contributed by atoms with Gasteiger partial charge in [0.2, 0.25) is 0 Å². The van der Waals surface area contributed by atoms with Crippen molar-refractivity contribution in [3.05, 3.63) is 29.6 Å². The summed E-state index contributed by atoms with van der Waals surface area (Å²) in [5.74, 6) is 0.845. The third-order valence-electron chi connectivity index (χ3n) is 2.50. The molecule has 0 aliphatic heterocycles. The molecule has 0 bridgehead atoms. The van der Waals surface area contributed by atoms with Crippen LogP contribution in [0.4, 0.5) is 30.5 Å². The van der Waals surface area contributed by atoms with Gasteiger partial charge in [-0.15, -0.1) is 0 Å². The largest absolute Gasteiger partial charge is 0.419 e. The van der Waals surface area contributed by atoms with Gasteiger partial charge in [-0.05, 0) is 6.92 Å². The summed E-state index contributed by atoms with van der Waals surface area (Å²) in [5, 5.41) is 6.96. The Hall–Kier alpha value is -2.25. The molecule has 0 saturated heterocycles. The van der Waals surface area contributed by atoms with E-state index in [-0.39, 0.29) is 11.5 Å². The molecule has 2 aromatic rings. The topological polar surface area (TPSA) is 68.8 Å². The maximum atomic E-state index is 12.5. The summed E-state index contributed by atoms with van der Waals surface area (Å²) in [5.41, 5.74) is 4.85. The highest BCUT2D eigenvalue weighted by molar-refractivity contribution is 5.60. The van der Waals surface area contributed by atoms with Crippen LogP contribution in [0.25, 0.3) is 0 Å². The lowest BCUT2D eigenvalue weighted by Gasteiger charge is -2.11. The van der Waals surface area contributed by atoms with E-state index in [0.717, 1.165) is 11.8 Å². The maximum absolute atomic E-state index is 12.5. The monoisotopic (exact) mass is 271 g/mol. The van der Waals surface area contributed by atoms with Gasteiger partial charge in [-0.1, -0.05) is 0 Å². The first-order valence-electron chi connectivity index (χ1n) is 5.38. The van der Waals surface area contributed by atoms with Crippen LogP contribution in [0.15, 0.2) is 18.3 Å². The number of alkyl halides is 3. The summed E-state index contributed by atoms with van der Waals surface area (Å²) < 4.78 is 39.1. The average Bonchev–Trinajstić information content (AvgIpc) is 2.55. The van der Waals surface area contributed by atoms with Gasteiger partial charge in [-0.3, -0.25) is 4.68 Å². The fourth-order valence-corrected chi connectivity index (χ4v) is 1.63. The minimum absolute atomic E-state index is 0.230. The summed E-state index contributed by atoms with van der Waals surface area (Å²) in [4.78, 5) is 3.70. The first-order chi connectivity index (χ1) is 8.77. The molecule has 102 valence electrons. The Labute approximate surface area is 107 Å². The van der Waals surface area contributed by atoms with Crippen LogP contribution in [-0.4, -0.2) is 14.8 Å². The Morgan fingerprint density at radius 2 is 2.00 bits per heavy atom. The second-order valence-electron chi connectivity index (χ2n) is 4.07. The molecule has 0 aliphatic rings. The molecule has 0 saturated carbocycles. The van der Waals surface area contributed by atoms with Crippen LogP contribution < -0.4 is 11.1 Å². The SMILES string of the molecule is Cc1cc(Nc2cc(N)c(C(F)(F)F)cn2)n(C)n1. The maximum Gasteiger partial charge on any atom is 0.419 e. The number of nitrogen functional groups attached to an aromatic ring is 1. The lowest BCUT2D eigenvalue weighted by Crippen LogP contribution is -2.10. The molecule has 2 rings (SSSR count). The third kappa shape index (κ3) is 2.78. The van der Waals surface area contributed by atoms with Crippen molar-refractivity contribution < 1.29 is 13.2 Å². The van der Waals surface area contributed by atoms with Gasteiger partial charge in [0.25, 0.3) is 0 Å². The van der Waals surface area contributed by atoms with E-state index in [2.05, 4.69) is 15.4 Å². The number of aryl methyl sites for hydroxylation is 2. The molecule has 0 aliphatic carbocycles. The predicted molar refractivity (Wildman–Crippen MR) is 64.9 cm³/mol. The number of aromatic nitrogens is 3. The van der Waals surface area contributed by atoms with Crippen molar-refractivity contribution in [3.63, 3.8) is 0 Å². The number of nitrogens with two attached hydrogens (primary N) is 1. The normalized spacial score (nSPS) is 11.6. The number of nitrogens with zero attached hydrogens (tertiary/aromatic N) is 3. The Kier molecular flexibility index (Phi) is 3.09. The van der Waals surface area contributed by atoms with Crippen molar-refractivity contribution in [2.75, 3.05) is 11.1 Å². The molecule has 3 N–H and O–H groups in total. The molecule has 8 heteroatoms. The van der Waals surface area contributed by atoms with Gasteiger partial charge in [0.15, 0.2) is 0 Å². The molecule has 0 fully saturated rings. The van der Waals surface area contributed by atoms with Gasteiger partial charge in [0, 0.05) is 31.1 Å². The van der Waals surface area contributed by atoms with Crippen molar-refractivity contribution in [3.8, 4) is 0 Å². The molecule has 0 radical (unpaired) electrons. The summed E-state index contributed by atoms with van der Waals surface area (Å²) in [6.07, 6.45) is -3.79. The molecular formula is C11H12F3N5. The highest BCUT2D eigenvalue weighted by Crippen LogP contribution is 2.34. The quantitative estimate of drug-likeness (QED) is 0.880. The number of hydrogen-bond donors (Lipinski definition) is 2. The minimum atomic E-state index is -4.50. The standard InChI is InChI=1S/C11H12F3N5/c1-6-3-10(19(2)18-6)17-9-4-8(15)7(5-16-9)11(12,13)14/h3-5H,1-2H3,(H3,15,16,17). The Balaban J connectivity index is 2.28. The molecule has 5 nitrogen and oxygen atoms in total. The Morgan fingerprint density at radius 1 is 1.32 bits per heavy atom. The molecule has 0 amide bonds. The summed E-state index contributed by atoms with van der Waals surface area (Å²) in [6, 6.07) is 2.89. The minimum Gasteiger partial charge on any atom is -0.398 e. The molecule has 2 aromatic heterocycles. The van der Waals surface area contributed by atoms with E-state index >= 15 is 0 Å².